The summed E-state index contributed by atoms with van der Waals surface area (Å²) in [5.41, 5.74) is 16.5. The van der Waals surface area contributed by atoms with Gasteiger partial charge in [0.25, 0.3) is 0 Å². The summed E-state index contributed by atoms with van der Waals surface area (Å²) >= 11 is 0. The maximum Gasteiger partial charge on any atom is 0.0287 e. The maximum absolute atomic E-state index is 4.79. The molecule has 3 atom stereocenters. The molecule has 0 unspecified atom stereocenters. The van der Waals surface area contributed by atoms with E-state index in [0.717, 1.165) is 36.0 Å². The Hall–Kier alpha value is -3.30. The van der Waals surface area contributed by atoms with Crippen LogP contribution in [-0.2, 0) is 6.42 Å². The van der Waals surface area contributed by atoms with Crippen LogP contribution in [0.25, 0.3) is 5.57 Å². The molecule has 0 aliphatic heterocycles. The largest absolute Gasteiger partial charge is 0.0955 e. The third-order valence-corrected chi connectivity index (χ3v) is 10.3. The van der Waals surface area contributed by atoms with Crippen LogP contribution in [0.5, 0.6) is 0 Å². The second-order valence-electron chi connectivity index (χ2n) is 13.0. The lowest BCUT2D eigenvalue weighted by Gasteiger charge is -2.62. The summed E-state index contributed by atoms with van der Waals surface area (Å²) in [6, 6.07) is 12.8. The summed E-state index contributed by atoms with van der Waals surface area (Å²) in [6.07, 6.45) is 3.15. The Labute approximate surface area is 231 Å². The molecule has 0 N–H and O–H groups in total. The number of hydrogen-bond donors (Lipinski definition) is 0. The third-order valence-electron chi connectivity index (χ3n) is 10.3. The van der Waals surface area contributed by atoms with Crippen LogP contribution in [-0.4, -0.2) is 0 Å². The predicted octanol–water partition coefficient (Wildman–Crippen LogP) is 9.86. The molecule has 0 heteroatoms. The van der Waals surface area contributed by atoms with Crippen molar-refractivity contribution < 1.29 is 0 Å². The Bertz CT molecular complexity index is 1570. The van der Waals surface area contributed by atoms with Gasteiger partial charge in [-0.1, -0.05) is 93.3 Å². The number of allylic oxidation sites excluding steroid dienone is 7. The second-order valence-corrected chi connectivity index (χ2v) is 13.0. The number of fused-ring (bicyclic) bond motifs is 3. The van der Waals surface area contributed by atoms with E-state index in [9.17, 15) is 0 Å². The van der Waals surface area contributed by atoms with Crippen molar-refractivity contribution in [2.75, 3.05) is 0 Å². The van der Waals surface area contributed by atoms with Gasteiger partial charge in [0.1, 0.15) is 0 Å². The number of rotatable bonds is 1. The minimum absolute atomic E-state index is 0.00337. The molecule has 0 saturated carbocycles. The van der Waals surface area contributed by atoms with E-state index >= 15 is 0 Å². The average molecular weight is 499 g/mol. The van der Waals surface area contributed by atoms with E-state index in [-0.39, 0.29) is 16.2 Å². The summed E-state index contributed by atoms with van der Waals surface area (Å²) in [5.74, 6) is 7.04. The fraction of sp³-hybridized carbons (Fsp3) is 0.368. The molecule has 0 nitrogen and oxygen atoms in total. The molecule has 0 heterocycles. The summed E-state index contributed by atoms with van der Waals surface area (Å²) in [6.45, 7) is 32.4. The number of aryl methyl sites for hydroxylation is 2. The van der Waals surface area contributed by atoms with Crippen LogP contribution >= 0.6 is 0 Å². The first kappa shape index (κ1) is 26.3. The highest BCUT2D eigenvalue weighted by atomic mass is 14.6. The van der Waals surface area contributed by atoms with Crippen molar-refractivity contribution in [2.45, 2.75) is 74.7 Å². The normalized spacial score (nSPS) is 28.3. The molecule has 0 spiro atoms. The summed E-state index contributed by atoms with van der Waals surface area (Å²) < 4.78 is 0. The van der Waals surface area contributed by atoms with Crippen LogP contribution in [0.2, 0.25) is 0 Å². The van der Waals surface area contributed by atoms with Gasteiger partial charge >= 0.3 is 0 Å². The lowest BCUT2D eigenvalue weighted by molar-refractivity contribution is 0.0544. The molecule has 0 aromatic heterocycles. The monoisotopic (exact) mass is 498 g/mol. The van der Waals surface area contributed by atoms with Crippen molar-refractivity contribution in [3.63, 3.8) is 0 Å². The minimum Gasteiger partial charge on any atom is -0.0955 e. The van der Waals surface area contributed by atoms with Gasteiger partial charge in [0.15, 0.2) is 0 Å². The van der Waals surface area contributed by atoms with Crippen molar-refractivity contribution in [3.05, 3.63) is 123 Å². The van der Waals surface area contributed by atoms with Crippen molar-refractivity contribution >= 4 is 5.57 Å². The first-order valence-electron chi connectivity index (χ1n) is 13.9. The van der Waals surface area contributed by atoms with Gasteiger partial charge in [-0.25, -0.2) is 0 Å². The highest BCUT2D eigenvalue weighted by Crippen LogP contribution is 2.70. The van der Waals surface area contributed by atoms with Crippen LogP contribution < -0.4 is 0 Å². The minimum atomic E-state index is -0.133. The number of benzene rings is 2. The zero-order valence-electron chi connectivity index (χ0n) is 24.7. The van der Waals surface area contributed by atoms with Crippen LogP contribution in [0.3, 0.4) is 0 Å². The molecule has 0 bridgehead atoms. The van der Waals surface area contributed by atoms with Gasteiger partial charge in [0.2, 0.25) is 0 Å². The highest BCUT2D eigenvalue weighted by Gasteiger charge is 2.59. The van der Waals surface area contributed by atoms with Crippen molar-refractivity contribution in [1.82, 2.24) is 0 Å². The average Bonchev–Trinajstić information content (AvgIpc) is 2.81. The quantitative estimate of drug-likeness (QED) is 0.343. The molecule has 0 fully saturated rings. The Kier molecular flexibility index (Phi) is 5.96. The highest BCUT2D eigenvalue weighted by molar-refractivity contribution is 5.87. The van der Waals surface area contributed by atoms with E-state index in [4.69, 9.17) is 13.2 Å². The zero-order valence-corrected chi connectivity index (χ0v) is 24.7. The Morgan fingerprint density at radius 3 is 2.16 bits per heavy atom. The predicted molar refractivity (Wildman–Crippen MR) is 164 cm³/mol. The van der Waals surface area contributed by atoms with Crippen LogP contribution in [0, 0.1) is 41.9 Å². The Morgan fingerprint density at radius 2 is 1.50 bits per heavy atom. The molecule has 3 aliphatic carbocycles. The SMILES string of the molecule is C=C(C)C1=C(C)C[C@@]2(C)C[C@@]3(C)Cc4c(C#Cc5ccccc5C)ccc(C)c4C(=C)C3=C(C)[C@@]2(C)C1=C. The van der Waals surface area contributed by atoms with Gasteiger partial charge in [-0.3, -0.25) is 0 Å². The van der Waals surface area contributed by atoms with Gasteiger partial charge < -0.3 is 0 Å². The molecule has 3 aliphatic rings. The lowest BCUT2D eigenvalue weighted by Crippen LogP contribution is -2.52. The molecule has 0 amide bonds. The van der Waals surface area contributed by atoms with Gasteiger partial charge in [-0.05, 0) is 121 Å². The standard InChI is InChI=1S/C38H42/c1-23(2)33-26(5)20-37(10)22-36(9)21-32-31(19-18-30-15-13-12-14-24(30)3)17-16-25(4)34(32)27(6)35(36)29(8)38(37,11)28(33)7/h12-17H,1,6-7,20-22H2,2-5,8-11H3/t36-,37+,38-/m1/s1. The molecule has 2 aromatic rings. The van der Waals surface area contributed by atoms with E-state index in [1.54, 1.807) is 0 Å². The van der Waals surface area contributed by atoms with Crippen molar-refractivity contribution in [3.8, 4) is 11.8 Å². The fourth-order valence-electron chi connectivity index (χ4n) is 8.50. The van der Waals surface area contributed by atoms with Gasteiger partial charge in [0, 0.05) is 16.5 Å². The molecule has 194 valence electrons. The van der Waals surface area contributed by atoms with E-state index in [1.807, 2.05) is 0 Å². The van der Waals surface area contributed by atoms with Crippen LogP contribution in [0.15, 0.2) is 89.6 Å². The molecule has 5 rings (SSSR count). The van der Waals surface area contributed by atoms with Crippen molar-refractivity contribution in [2.24, 2.45) is 16.2 Å². The number of hydrogen-bond acceptors (Lipinski definition) is 0. The molecule has 2 aromatic carbocycles. The molecule has 0 radical (unpaired) electrons. The Balaban J connectivity index is 1.72. The first-order valence-corrected chi connectivity index (χ1v) is 13.9. The van der Waals surface area contributed by atoms with Gasteiger partial charge in [0.05, 0.1) is 0 Å². The third kappa shape index (κ3) is 3.51. The van der Waals surface area contributed by atoms with Crippen LogP contribution in [0.4, 0.5) is 0 Å². The van der Waals surface area contributed by atoms with Crippen molar-refractivity contribution in [1.29, 1.82) is 0 Å². The summed E-state index contributed by atoms with van der Waals surface area (Å²) in [7, 11) is 0. The zero-order chi connectivity index (χ0) is 27.8. The van der Waals surface area contributed by atoms with Gasteiger partial charge in [-0.15, -0.1) is 0 Å². The van der Waals surface area contributed by atoms with E-state index in [0.29, 0.717) is 0 Å². The first-order chi connectivity index (χ1) is 17.7. The smallest absolute Gasteiger partial charge is 0.0287 e. The molecular formula is C38H42. The summed E-state index contributed by atoms with van der Waals surface area (Å²) in [4.78, 5) is 0. The molecular weight excluding hydrogens is 456 g/mol. The fourth-order valence-corrected chi connectivity index (χ4v) is 8.50. The van der Waals surface area contributed by atoms with E-state index < -0.39 is 0 Å². The van der Waals surface area contributed by atoms with Crippen LogP contribution in [0.1, 0.15) is 87.8 Å². The second kappa shape index (κ2) is 8.61. The summed E-state index contributed by atoms with van der Waals surface area (Å²) in [5, 5.41) is 0. The Morgan fingerprint density at radius 1 is 0.842 bits per heavy atom. The topological polar surface area (TPSA) is 0 Å². The van der Waals surface area contributed by atoms with E-state index in [1.165, 1.54) is 55.7 Å². The van der Waals surface area contributed by atoms with Gasteiger partial charge in [-0.2, -0.15) is 0 Å². The maximum atomic E-state index is 4.79. The molecule has 38 heavy (non-hydrogen) atoms. The van der Waals surface area contributed by atoms with E-state index in [2.05, 4.69) is 110 Å². The molecule has 0 saturated heterocycles. The lowest BCUT2D eigenvalue weighted by atomic mass is 9.41.